The van der Waals surface area contributed by atoms with Crippen molar-refractivity contribution < 1.29 is 4.74 Å². The Bertz CT molecular complexity index is 297. The number of nitriles is 1. The highest BCUT2D eigenvalue weighted by molar-refractivity contribution is 5.12. The zero-order valence-electron chi connectivity index (χ0n) is 11.6. The summed E-state index contributed by atoms with van der Waals surface area (Å²) >= 11 is 0. The summed E-state index contributed by atoms with van der Waals surface area (Å²) in [7, 11) is 0. The lowest BCUT2D eigenvalue weighted by molar-refractivity contribution is 0.0659. The summed E-state index contributed by atoms with van der Waals surface area (Å²) < 4.78 is 5.63. The van der Waals surface area contributed by atoms with Crippen molar-refractivity contribution in [3.63, 3.8) is 0 Å². The van der Waals surface area contributed by atoms with Gasteiger partial charge in [0.25, 0.3) is 0 Å². The maximum atomic E-state index is 8.48. The largest absolute Gasteiger partial charge is 0.378 e. The molecule has 0 aromatic heterocycles. The van der Waals surface area contributed by atoms with Crippen molar-refractivity contribution in [3.05, 3.63) is 23.3 Å². The minimum atomic E-state index is 0.364. The zero-order chi connectivity index (χ0) is 13.1. The van der Waals surface area contributed by atoms with E-state index < -0.39 is 0 Å². The predicted octanol–water partition coefficient (Wildman–Crippen LogP) is 4.39. The van der Waals surface area contributed by atoms with Crippen LogP contribution < -0.4 is 0 Å². The molecule has 0 aliphatic carbocycles. The molecule has 0 saturated carbocycles. The first-order valence-corrected chi connectivity index (χ1v) is 6.42. The van der Waals surface area contributed by atoms with E-state index in [-0.39, 0.29) is 0 Å². The van der Waals surface area contributed by atoms with E-state index in [4.69, 9.17) is 10.00 Å². The monoisotopic (exact) mass is 235 g/mol. The summed E-state index contributed by atoms with van der Waals surface area (Å²) in [5.74, 6) is 0. The molecular weight excluding hydrogens is 210 g/mol. The summed E-state index contributed by atoms with van der Waals surface area (Å²) in [6.45, 7) is 9.19. The second kappa shape index (κ2) is 10.1. The molecular formula is C15H25NO. The van der Waals surface area contributed by atoms with Crippen LogP contribution in [0.1, 0.15) is 53.4 Å². The average Bonchev–Trinajstić information content (AvgIpc) is 2.29. The lowest BCUT2D eigenvalue weighted by Crippen LogP contribution is -2.07. The number of ether oxygens (including phenoxy) is 1. The van der Waals surface area contributed by atoms with Gasteiger partial charge in [0, 0.05) is 6.08 Å². The molecule has 2 nitrogen and oxygen atoms in total. The maximum Gasteiger partial charge on any atom is 0.0911 e. The molecule has 1 atom stereocenters. The Morgan fingerprint density at radius 3 is 2.59 bits per heavy atom. The van der Waals surface area contributed by atoms with E-state index in [1.807, 2.05) is 6.92 Å². The zero-order valence-corrected chi connectivity index (χ0v) is 11.6. The van der Waals surface area contributed by atoms with Gasteiger partial charge >= 0.3 is 0 Å². The maximum absolute atomic E-state index is 8.48. The standard InChI is InChI=1S/C15H25NO/c1-5-15(4)17-12-10-14(3)8-6-7-13(2)9-11-16/h8-9,15H,5-7,10,12H2,1-4H3. The van der Waals surface area contributed by atoms with Crippen LogP contribution in [0.25, 0.3) is 0 Å². The van der Waals surface area contributed by atoms with Crippen molar-refractivity contribution in [2.45, 2.75) is 59.5 Å². The van der Waals surface area contributed by atoms with Gasteiger partial charge in [-0.25, -0.2) is 0 Å². The number of hydrogen-bond donors (Lipinski definition) is 0. The average molecular weight is 235 g/mol. The molecule has 17 heavy (non-hydrogen) atoms. The quantitative estimate of drug-likeness (QED) is 0.462. The molecule has 1 unspecified atom stereocenters. The van der Waals surface area contributed by atoms with Gasteiger partial charge in [-0.2, -0.15) is 5.26 Å². The van der Waals surface area contributed by atoms with Gasteiger partial charge in [0.05, 0.1) is 18.8 Å². The Hall–Kier alpha value is -1.07. The molecule has 0 bridgehead atoms. The summed E-state index contributed by atoms with van der Waals surface area (Å²) in [5, 5.41) is 8.48. The smallest absolute Gasteiger partial charge is 0.0911 e. The Balaban J connectivity index is 3.73. The summed E-state index contributed by atoms with van der Waals surface area (Å²) in [4.78, 5) is 0. The van der Waals surface area contributed by atoms with Crippen LogP contribution in [0.5, 0.6) is 0 Å². The molecule has 0 amide bonds. The second-order valence-electron chi connectivity index (χ2n) is 4.55. The first-order valence-electron chi connectivity index (χ1n) is 6.42. The Morgan fingerprint density at radius 2 is 2.00 bits per heavy atom. The lowest BCUT2D eigenvalue weighted by Gasteiger charge is -2.10. The highest BCUT2D eigenvalue weighted by Gasteiger charge is 1.98. The highest BCUT2D eigenvalue weighted by Crippen LogP contribution is 2.09. The molecule has 0 heterocycles. The first kappa shape index (κ1) is 15.9. The van der Waals surface area contributed by atoms with E-state index in [1.165, 1.54) is 5.57 Å². The van der Waals surface area contributed by atoms with Crippen LogP contribution in [0.15, 0.2) is 23.3 Å². The number of rotatable bonds is 8. The summed E-state index contributed by atoms with van der Waals surface area (Å²) in [5.41, 5.74) is 2.52. The van der Waals surface area contributed by atoms with Crippen LogP contribution in [-0.2, 0) is 4.74 Å². The highest BCUT2D eigenvalue weighted by atomic mass is 16.5. The van der Waals surface area contributed by atoms with E-state index >= 15 is 0 Å². The van der Waals surface area contributed by atoms with Crippen LogP contribution in [0.4, 0.5) is 0 Å². The molecule has 0 rings (SSSR count). The molecule has 0 fully saturated rings. The van der Waals surface area contributed by atoms with Crippen molar-refractivity contribution >= 4 is 0 Å². The van der Waals surface area contributed by atoms with Gasteiger partial charge in [-0.05, 0) is 46.5 Å². The topological polar surface area (TPSA) is 33.0 Å². The van der Waals surface area contributed by atoms with Crippen LogP contribution in [-0.4, -0.2) is 12.7 Å². The molecule has 96 valence electrons. The normalized spacial score (nSPS) is 14.5. The van der Waals surface area contributed by atoms with E-state index in [0.717, 1.165) is 37.9 Å². The number of nitrogens with zero attached hydrogens (tertiary/aromatic N) is 1. The van der Waals surface area contributed by atoms with E-state index in [0.29, 0.717) is 6.10 Å². The van der Waals surface area contributed by atoms with E-state index in [1.54, 1.807) is 6.08 Å². The lowest BCUT2D eigenvalue weighted by atomic mass is 10.1. The van der Waals surface area contributed by atoms with E-state index in [2.05, 4.69) is 32.9 Å². The first-order chi connectivity index (χ1) is 8.10. The number of allylic oxidation sites excluding steroid dienone is 3. The van der Waals surface area contributed by atoms with Crippen molar-refractivity contribution in [2.75, 3.05) is 6.61 Å². The van der Waals surface area contributed by atoms with Crippen LogP contribution >= 0.6 is 0 Å². The van der Waals surface area contributed by atoms with Gasteiger partial charge in [0.15, 0.2) is 0 Å². The van der Waals surface area contributed by atoms with Crippen molar-refractivity contribution in [2.24, 2.45) is 0 Å². The molecule has 0 N–H and O–H groups in total. The molecule has 0 aliphatic rings. The fraction of sp³-hybridized carbons (Fsp3) is 0.667. The van der Waals surface area contributed by atoms with Gasteiger partial charge in [-0.3, -0.25) is 0 Å². The fourth-order valence-electron chi connectivity index (χ4n) is 1.37. The third-order valence-electron chi connectivity index (χ3n) is 2.82. The third-order valence-corrected chi connectivity index (χ3v) is 2.82. The molecule has 0 saturated heterocycles. The SMILES string of the molecule is CCC(C)OCCC(C)=CCCC(C)=CC#N. The van der Waals surface area contributed by atoms with Gasteiger partial charge in [0.2, 0.25) is 0 Å². The summed E-state index contributed by atoms with van der Waals surface area (Å²) in [6, 6.07) is 2.06. The molecule has 2 heteroatoms. The van der Waals surface area contributed by atoms with Gasteiger partial charge < -0.3 is 4.74 Å². The fourth-order valence-corrected chi connectivity index (χ4v) is 1.37. The Morgan fingerprint density at radius 1 is 1.29 bits per heavy atom. The Labute approximate surface area is 106 Å². The number of hydrogen-bond acceptors (Lipinski definition) is 2. The minimum absolute atomic E-state index is 0.364. The molecule has 0 aromatic carbocycles. The van der Waals surface area contributed by atoms with Crippen molar-refractivity contribution in [3.8, 4) is 6.07 Å². The van der Waals surface area contributed by atoms with Crippen LogP contribution in [0.2, 0.25) is 0 Å². The Kier molecular flexibility index (Phi) is 9.47. The molecule has 0 aliphatic heterocycles. The molecule has 0 aromatic rings. The van der Waals surface area contributed by atoms with Crippen LogP contribution in [0.3, 0.4) is 0 Å². The van der Waals surface area contributed by atoms with Gasteiger partial charge in [-0.1, -0.05) is 24.1 Å². The minimum Gasteiger partial charge on any atom is -0.378 e. The second-order valence-corrected chi connectivity index (χ2v) is 4.55. The van der Waals surface area contributed by atoms with E-state index in [9.17, 15) is 0 Å². The molecule has 0 radical (unpaired) electrons. The van der Waals surface area contributed by atoms with Gasteiger partial charge in [0.1, 0.15) is 0 Å². The molecule has 0 spiro atoms. The van der Waals surface area contributed by atoms with Crippen molar-refractivity contribution in [1.29, 1.82) is 5.26 Å². The van der Waals surface area contributed by atoms with Gasteiger partial charge in [-0.15, -0.1) is 0 Å². The summed E-state index contributed by atoms with van der Waals surface area (Å²) in [6.07, 6.45) is 8.29. The van der Waals surface area contributed by atoms with Crippen LogP contribution in [0, 0.1) is 11.3 Å². The van der Waals surface area contributed by atoms with Crippen molar-refractivity contribution in [1.82, 2.24) is 0 Å². The predicted molar refractivity (Wildman–Crippen MR) is 72.7 cm³/mol. The third kappa shape index (κ3) is 9.84.